The van der Waals surface area contributed by atoms with Crippen LogP contribution in [0.5, 0.6) is 0 Å². The minimum atomic E-state index is -0.497. The lowest BCUT2D eigenvalue weighted by atomic mass is 10.1. The maximum atomic E-state index is 13.3. The number of rotatable bonds is 6. The monoisotopic (exact) mass is 225 g/mol. The predicted molar refractivity (Wildman–Crippen MR) is 62.1 cm³/mol. The lowest BCUT2D eigenvalue weighted by Crippen LogP contribution is -2.26. The van der Waals surface area contributed by atoms with Gasteiger partial charge in [0.05, 0.1) is 0 Å². The van der Waals surface area contributed by atoms with Crippen LogP contribution in [0, 0.1) is 11.6 Å². The molecule has 0 aromatic heterocycles. The molecule has 0 fully saturated rings. The summed E-state index contributed by atoms with van der Waals surface area (Å²) in [7, 11) is 0. The number of halogens is 2. The molecule has 1 nitrogen and oxygen atoms in total. The van der Waals surface area contributed by atoms with Crippen molar-refractivity contribution in [3.63, 3.8) is 0 Å². The Morgan fingerprint density at radius 3 is 2.56 bits per heavy atom. The molecular formula is C13H17F2N. The Kier molecular flexibility index (Phi) is 5.12. The van der Waals surface area contributed by atoms with E-state index in [1.807, 2.05) is 13.0 Å². The Balaban J connectivity index is 2.51. The van der Waals surface area contributed by atoms with E-state index in [0.717, 1.165) is 12.8 Å². The van der Waals surface area contributed by atoms with Gasteiger partial charge in [-0.2, -0.15) is 0 Å². The molecule has 0 saturated carbocycles. The van der Waals surface area contributed by atoms with Crippen molar-refractivity contribution in [2.75, 3.05) is 0 Å². The van der Waals surface area contributed by atoms with Crippen LogP contribution >= 0.6 is 0 Å². The summed E-state index contributed by atoms with van der Waals surface area (Å²) in [6.07, 6.45) is 3.65. The second kappa shape index (κ2) is 6.38. The molecule has 0 bridgehead atoms. The van der Waals surface area contributed by atoms with Crippen LogP contribution in [0.15, 0.2) is 30.9 Å². The fourth-order valence-electron chi connectivity index (χ4n) is 1.45. The van der Waals surface area contributed by atoms with Crippen LogP contribution < -0.4 is 5.32 Å². The van der Waals surface area contributed by atoms with Crippen LogP contribution in [-0.2, 0) is 6.54 Å². The van der Waals surface area contributed by atoms with Gasteiger partial charge in [-0.15, -0.1) is 6.58 Å². The zero-order valence-corrected chi connectivity index (χ0v) is 9.47. The van der Waals surface area contributed by atoms with Crippen LogP contribution in [0.2, 0.25) is 0 Å². The first kappa shape index (κ1) is 12.8. The summed E-state index contributed by atoms with van der Waals surface area (Å²) >= 11 is 0. The summed E-state index contributed by atoms with van der Waals surface area (Å²) in [5, 5.41) is 3.09. The van der Waals surface area contributed by atoms with Gasteiger partial charge < -0.3 is 5.32 Å². The second-order valence-corrected chi connectivity index (χ2v) is 3.85. The molecule has 0 saturated heterocycles. The number of allylic oxidation sites excluding steroid dienone is 1. The highest BCUT2D eigenvalue weighted by atomic mass is 19.1. The number of hydrogen-bond donors (Lipinski definition) is 1. The average molecular weight is 225 g/mol. The first-order valence-corrected chi connectivity index (χ1v) is 5.42. The highest BCUT2D eigenvalue weighted by molar-refractivity contribution is 5.19. The first-order chi connectivity index (χ1) is 7.65. The van der Waals surface area contributed by atoms with Crippen LogP contribution in [0.4, 0.5) is 8.78 Å². The molecule has 0 radical (unpaired) electrons. The summed E-state index contributed by atoms with van der Waals surface area (Å²) in [6.45, 7) is 5.84. The highest BCUT2D eigenvalue weighted by Crippen LogP contribution is 2.12. The van der Waals surface area contributed by atoms with Gasteiger partial charge in [0.25, 0.3) is 0 Å². The molecule has 16 heavy (non-hydrogen) atoms. The largest absolute Gasteiger partial charge is 0.310 e. The highest BCUT2D eigenvalue weighted by Gasteiger charge is 2.09. The Morgan fingerprint density at radius 2 is 2.00 bits per heavy atom. The maximum Gasteiger partial charge on any atom is 0.130 e. The molecule has 1 unspecified atom stereocenters. The molecular weight excluding hydrogens is 208 g/mol. The second-order valence-electron chi connectivity index (χ2n) is 3.85. The Labute approximate surface area is 95.2 Å². The minimum Gasteiger partial charge on any atom is -0.310 e. The van der Waals surface area contributed by atoms with E-state index in [1.54, 1.807) is 0 Å². The van der Waals surface area contributed by atoms with Gasteiger partial charge in [-0.25, -0.2) is 8.78 Å². The van der Waals surface area contributed by atoms with Gasteiger partial charge in [-0.1, -0.05) is 12.1 Å². The first-order valence-electron chi connectivity index (χ1n) is 5.42. The fourth-order valence-corrected chi connectivity index (χ4v) is 1.45. The van der Waals surface area contributed by atoms with Crippen LogP contribution in [-0.4, -0.2) is 6.04 Å². The lowest BCUT2D eigenvalue weighted by molar-refractivity contribution is 0.484. The van der Waals surface area contributed by atoms with E-state index < -0.39 is 11.6 Å². The zero-order chi connectivity index (χ0) is 12.0. The van der Waals surface area contributed by atoms with Crippen molar-refractivity contribution in [2.24, 2.45) is 0 Å². The van der Waals surface area contributed by atoms with Crippen LogP contribution in [0.25, 0.3) is 0 Å². The van der Waals surface area contributed by atoms with E-state index in [2.05, 4.69) is 11.9 Å². The Hall–Kier alpha value is -1.22. The third kappa shape index (κ3) is 3.74. The van der Waals surface area contributed by atoms with Crippen molar-refractivity contribution in [3.8, 4) is 0 Å². The molecule has 3 heteroatoms. The van der Waals surface area contributed by atoms with E-state index in [1.165, 1.54) is 18.2 Å². The van der Waals surface area contributed by atoms with E-state index in [0.29, 0.717) is 0 Å². The molecule has 1 aromatic rings. The Bertz CT molecular complexity index is 330. The van der Waals surface area contributed by atoms with Gasteiger partial charge in [-0.05, 0) is 31.9 Å². The molecule has 0 spiro atoms. The van der Waals surface area contributed by atoms with E-state index in [9.17, 15) is 8.78 Å². The molecule has 1 atom stereocenters. The maximum absolute atomic E-state index is 13.3. The molecule has 1 aromatic carbocycles. The van der Waals surface area contributed by atoms with Crippen molar-refractivity contribution in [2.45, 2.75) is 32.4 Å². The molecule has 0 aliphatic rings. The summed E-state index contributed by atoms with van der Waals surface area (Å²) in [6, 6.07) is 4.13. The van der Waals surface area contributed by atoms with Crippen molar-refractivity contribution >= 4 is 0 Å². The average Bonchev–Trinajstić information content (AvgIpc) is 2.25. The summed E-state index contributed by atoms with van der Waals surface area (Å²) in [4.78, 5) is 0. The van der Waals surface area contributed by atoms with Gasteiger partial charge in [0, 0.05) is 18.2 Å². The Morgan fingerprint density at radius 1 is 1.38 bits per heavy atom. The fraction of sp³-hybridized carbons (Fsp3) is 0.385. The smallest absolute Gasteiger partial charge is 0.130 e. The summed E-state index contributed by atoms with van der Waals surface area (Å²) in [5.41, 5.74) is 0.105. The van der Waals surface area contributed by atoms with Crippen molar-refractivity contribution in [3.05, 3.63) is 48.1 Å². The molecule has 0 aliphatic heterocycles. The molecule has 1 N–H and O–H groups in total. The standard InChI is InChI=1S/C13H17F2N/c1-3-4-6-10(2)16-9-11-12(14)7-5-8-13(11)15/h3,5,7-8,10,16H,1,4,6,9H2,2H3. The van der Waals surface area contributed by atoms with Gasteiger partial charge in [0.15, 0.2) is 0 Å². The van der Waals surface area contributed by atoms with Crippen LogP contribution in [0.1, 0.15) is 25.3 Å². The quantitative estimate of drug-likeness (QED) is 0.731. The van der Waals surface area contributed by atoms with E-state index >= 15 is 0 Å². The lowest BCUT2D eigenvalue weighted by Gasteiger charge is -2.13. The van der Waals surface area contributed by atoms with Crippen molar-refractivity contribution < 1.29 is 8.78 Å². The zero-order valence-electron chi connectivity index (χ0n) is 9.47. The molecule has 0 aliphatic carbocycles. The topological polar surface area (TPSA) is 12.0 Å². The van der Waals surface area contributed by atoms with Gasteiger partial charge in [0.1, 0.15) is 11.6 Å². The molecule has 88 valence electrons. The summed E-state index contributed by atoms with van der Waals surface area (Å²) in [5.74, 6) is -0.994. The third-order valence-electron chi connectivity index (χ3n) is 2.49. The SMILES string of the molecule is C=CCCC(C)NCc1c(F)cccc1F. The van der Waals surface area contributed by atoms with Crippen LogP contribution in [0.3, 0.4) is 0 Å². The van der Waals surface area contributed by atoms with Gasteiger partial charge >= 0.3 is 0 Å². The van der Waals surface area contributed by atoms with E-state index in [-0.39, 0.29) is 18.2 Å². The normalized spacial score (nSPS) is 12.4. The number of benzene rings is 1. The predicted octanol–water partition coefficient (Wildman–Crippen LogP) is 3.41. The van der Waals surface area contributed by atoms with Crippen molar-refractivity contribution in [1.82, 2.24) is 5.32 Å². The third-order valence-corrected chi connectivity index (χ3v) is 2.49. The van der Waals surface area contributed by atoms with E-state index in [4.69, 9.17) is 0 Å². The molecule has 0 heterocycles. The molecule has 0 amide bonds. The summed E-state index contributed by atoms with van der Waals surface area (Å²) < 4.78 is 26.5. The van der Waals surface area contributed by atoms with Gasteiger partial charge in [0.2, 0.25) is 0 Å². The van der Waals surface area contributed by atoms with Gasteiger partial charge in [-0.3, -0.25) is 0 Å². The minimum absolute atomic E-state index is 0.105. The number of hydrogen-bond acceptors (Lipinski definition) is 1. The molecule has 1 rings (SSSR count). The number of nitrogens with one attached hydrogen (secondary N) is 1. The van der Waals surface area contributed by atoms with Crippen molar-refractivity contribution in [1.29, 1.82) is 0 Å².